The molecule has 564 valence electrons. The highest BCUT2D eigenvalue weighted by atomic mass is 16.7. The second-order valence-electron chi connectivity index (χ2n) is 20.6. The molecule has 0 aromatic carbocycles. The van der Waals surface area contributed by atoms with Crippen LogP contribution in [0.4, 0.5) is 0 Å². The summed E-state index contributed by atoms with van der Waals surface area (Å²) in [5.74, 6) is -0.303. The van der Waals surface area contributed by atoms with Crippen LogP contribution in [0.5, 0.6) is 0 Å². The van der Waals surface area contributed by atoms with Gasteiger partial charge < -0.3 is 128 Å². The van der Waals surface area contributed by atoms with Crippen LogP contribution in [0.25, 0.3) is 0 Å². The first kappa shape index (κ1) is 92.4. The molecule has 0 heterocycles. The maximum Gasteiger partial charge on any atom is 0.305 e. The minimum atomic E-state index is -1.17. The molecule has 0 saturated carbocycles. The second kappa shape index (κ2) is 87.5. The van der Waals surface area contributed by atoms with E-state index in [9.17, 15) is 9.90 Å². The molecular weight excluding hydrogens is 1240 g/mol. The standard InChI is InChI=1S/C66H132O28/c1-3-5-6-7-8-9-10-11-12-13-14-15-65(67)94-64-66(68)93-63-62-92-61-60-91-59-58-90-57-56-89-55-54-88-53-52-87-51-50-86-49-48-85-47-46-84-45-44-83-43-42-82-41-40-81-39-38-80-37-36-79-35-34-78-33-32-77-31-30-76-29-28-75-27-26-74-25-24-73-23-22-72-21-20-71-19-18-70-17-16-69-4-2/h66,68H,3-64H2,1-2H3. The van der Waals surface area contributed by atoms with Crippen molar-refractivity contribution < 1.29 is 133 Å². The van der Waals surface area contributed by atoms with Crippen molar-refractivity contribution in [1.82, 2.24) is 0 Å². The highest BCUT2D eigenvalue weighted by Crippen LogP contribution is 2.12. The predicted molar refractivity (Wildman–Crippen MR) is 349 cm³/mol. The number of hydrogen-bond donors (Lipinski definition) is 1. The van der Waals surface area contributed by atoms with Crippen molar-refractivity contribution in [3.8, 4) is 0 Å². The zero-order valence-corrected chi connectivity index (χ0v) is 58.4. The fourth-order valence-corrected chi connectivity index (χ4v) is 7.66. The normalized spacial score (nSPS) is 12.1. The third-order valence-corrected chi connectivity index (χ3v) is 12.7. The molecule has 0 amide bonds. The van der Waals surface area contributed by atoms with Gasteiger partial charge in [0.1, 0.15) is 6.61 Å². The van der Waals surface area contributed by atoms with Crippen molar-refractivity contribution in [1.29, 1.82) is 0 Å². The zero-order valence-electron chi connectivity index (χ0n) is 58.4. The van der Waals surface area contributed by atoms with Crippen LogP contribution in [0.1, 0.15) is 90.9 Å². The topological polar surface area (TPSA) is 277 Å². The molecule has 0 radical (unpaired) electrons. The zero-order chi connectivity index (χ0) is 67.4. The number of carbonyl (C=O) groups excluding carboxylic acids is 1. The molecule has 0 aromatic rings. The van der Waals surface area contributed by atoms with E-state index < -0.39 is 6.29 Å². The number of rotatable bonds is 88. The van der Waals surface area contributed by atoms with Crippen molar-refractivity contribution in [2.45, 2.75) is 97.2 Å². The summed E-state index contributed by atoms with van der Waals surface area (Å²) >= 11 is 0. The first-order valence-electron chi connectivity index (χ1n) is 35.0. The van der Waals surface area contributed by atoms with E-state index in [4.69, 9.17) is 123 Å². The van der Waals surface area contributed by atoms with Gasteiger partial charge in [0.15, 0.2) is 6.29 Å². The van der Waals surface area contributed by atoms with Gasteiger partial charge in [0, 0.05) is 13.0 Å². The average Bonchev–Trinajstić information content (AvgIpc) is 3.77. The lowest BCUT2D eigenvalue weighted by Crippen LogP contribution is -2.23. The number of carbonyl (C=O) groups is 1. The van der Waals surface area contributed by atoms with E-state index in [1.54, 1.807) is 0 Å². The Kier molecular flexibility index (Phi) is 86.1. The molecule has 1 atom stereocenters. The van der Waals surface area contributed by atoms with Gasteiger partial charge in [-0.3, -0.25) is 4.79 Å². The van der Waals surface area contributed by atoms with Crippen molar-refractivity contribution in [2.24, 2.45) is 0 Å². The molecule has 0 spiro atoms. The smallest absolute Gasteiger partial charge is 0.305 e. The summed E-state index contributed by atoms with van der Waals surface area (Å²) in [4.78, 5) is 11.9. The van der Waals surface area contributed by atoms with Crippen LogP contribution >= 0.6 is 0 Å². The molecule has 0 aromatic heterocycles. The summed E-state index contributed by atoms with van der Waals surface area (Å²) in [5, 5.41) is 9.90. The van der Waals surface area contributed by atoms with Gasteiger partial charge in [0.2, 0.25) is 0 Å². The number of esters is 1. The first-order chi connectivity index (χ1) is 46.7. The van der Waals surface area contributed by atoms with E-state index >= 15 is 0 Å². The van der Waals surface area contributed by atoms with Gasteiger partial charge in [-0.15, -0.1) is 0 Å². The Labute approximate surface area is 564 Å². The summed E-state index contributed by atoms with van der Waals surface area (Å²) in [6.07, 6.45) is 12.7. The number of unbranched alkanes of at least 4 members (excludes halogenated alkanes) is 10. The Morgan fingerprint density at radius 1 is 0.223 bits per heavy atom. The summed E-state index contributed by atoms with van der Waals surface area (Å²) in [6, 6.07) is 0. The third kappa shape index (κ3) is 86.5. The second-order valence-corrected chi connectivity index (χ2v) is 20.6. The van der Waals surface area contributed by atoms with E-state index in [2.05, 4.69) is 6.92 Å². The SMILES string of the molecule is CCCCCCCCCCCCCC(=O)OCC(O)OCCOCCOCCOCCOCCOCCOCCOCCOCCOCCOCCOCCOCCOCCOCCOCCOCCOCCOCCOCCOCCOCCOCCOCCOCC. The van der Waals surface area contributed by atoms with Crippen LogP contribution in [0.3, 0.4) is 0 Å². The highest BCUT2D eigenvalue weighted by molar-refractivity contribution is 5.69. The Morgan fingerprint density at radius 3 is 0.564 bits per heavy atom. The molecule has 0 bridgehead atoms. The van der Waals surface area contributed by atoms with E-state index in [0.717, 1.165) is 19.3 Å². The van der Waals surface area contributed by atoms with Gasteiger partial charge in [-0.2, -0.15) is 0 Å². The molecule has 28 heteroatoms. The molecule has 0 aliphatic rings. The Bertz CT molecular complexity index is 1360. The van der Waals surface area contributed by atoms with Crippen molar-refractivity contribution >= 4 is 5.97 Å². The van der Waals surface area contributed by atoms with Gasteiger partial charge >= 0.3 is 5.97 Å². The lowest BCUT2D eigenvalue weighted by molar-refractivity contribution is -0.169. The van der Waals surface area contributed by atoms with Gasteiger partial charge in [-0.05, 0) is 13.3 Å². The van der Waals surface area contributed by atoms with Crippen molar-refractivity contribution in [3.63, 3.8) is 0 Å². The fraction of sp³-hybridized carbons (Fsp3) is 0.985. The van der Waals surface area contributed by atoms with E-state index in [1.165, 1.54) is 51.4 Å². The van der Waals surface area contributed by atoms with Crippen LogP contribution in [0.2, 0.25) is 0 Å². The minimum absolute atomic E-state index is 0.179. The lowest BCUT2D eigenvalue weighted by atomic mass is 10.1. The fourth-order valence-electron chi connectivity index (χ4n) is 7.66. The molecule has 1 unspecified atom stereocenters. The van der Waals surface area contributed by atoms with Gasteiger partial charge in [0.25, 0.3) is 0 Å². The molecular formula is C66H132O28. The van der Waals surface area contributed by atoms with Gasteiger partial charge in [-0.1, -0.05) is 71.1 Å². The molecule has 0 aliphatic heterocycles. The molecule has 0 aliphatic carbocycles. The Morgan fingerprint density at radius 2 is 0.383 bits per heavy atom. The molecule has 28 nitrogen and oxygen atoms in total. The first-order valence-corrected chi connectivity index (χ1v) is 35.0. The van der Waals surface area contributed by atoms with Crippen molar-refractivity contribution in [2.75, 3.05) is 330 Å². The third-order valence-electron chi connectivity index (χ3n) is 12.7. The Hall–Kier alpha value is -1.57. The Balaban J connectivity index is 3.14. The average molecular weight is 1370 g/mol. The van der Waals surface area contributed by atoms with Gasteiger partial charge in [0.05, 0.1) is 317 Å². The molecule has 0 saturated heterocycles. The minimum Gasteiger partial charge on any atom is -0.460 e. The highest BCUT2D eigenvalue weighted by Gasteiger charge is 2.10. The summed E-state index contributed by atoms with van der Waals surface area (Å²) in [5.41, 5.74) is 0. The van der Waals surface area contributed by atoms with Crippen LogP contribution in [-0.2, 0) is 128 Å². The monoisotopic (exact) mass is 1370 g/mol. The number of aliphatic hydroxyl groups excluding tert-OH is 1. The van der Waals surface area contributed by atoms with Crippen LogP contribution in [0.15, 0.2) is 0 Å². The summed E-state index contributed by atoms with van der Waals surface area (Å²) in [7, 11) is 0. The largest absolute Gasteiger partial charge is 0.460 e. The summed E-state index contributed by atoms with van der Waals surface area (Å²) in [6.45, 7) is 27.6. The van der Waals surface area contributed by atoms with E-state index in [0.29, 0.717) is 324 Å². The lowest BCUT2D eigenvalue weighted by Gasteiger charge is -2.13. The maximum atomic E-state index is 11.9. The van der Waals surface area contributed by atoms with Crippen molar-refractivity contribution in [3.05, 3.63) is 0 Å². The number of hydrogen-bond acceptors (Lipinski definition) is 28. The molecule has 94 heavy (non-hydrogen) atoms. The van der Waals surface area contributed by atoms with E-state index in [1.807, 2.05) is 6.92 Å². The molecule has 1 N–H and O–H groups in total. The number of aliphatic hydroxyl groups is 1. The van der Waals surface area contributed by atoms with Crippen LogP contribution in [-0.4, -0.2) is 348 Å². The van der Waals surface area contributed by atoms with Gasteiger partial charge in [-0.25, -0.2) is 0 Å². The predicted octanol–water partition coefficient (Wildman–Crippen LogP) is 4.98. The van der Waals surface area contributed by atoms with E-state index in [-0.39, 0.29) is 19.2 Å². The molecule has 0 fully saturated rings. The molecule has 0 rings (SSSR count). The van der Waals surface area contributed by atoms with Crippen LogP contribution < -0.4 is 0 Å². The summed E-state index contributed by atoms with van der Waals surface area (Å²) < 4.78 is 142. The maximum absolute atomic E-state index is 11.9. The number of ether oxygens (including phenoxy) is 26. The van der Waals surface area contributed by atoms with Crippen LogP contribution in [0, 0.1) is 0 Å². The quantitative estimate of drug-likeness (QED) is 0.0477.